The number of alkyl carbamates (subject to hydrolysis) is 2. The first-order chi connectivity index (χ1) is 26.8. The number of H-pyrrole nitrogens is 2. The summed E-state index contributed by atoms with van der Waals surface area (Å²) < 4.78 is 39.0. The number of carbonyl (C=O) groups is 4. The number of methoxy groups -OCH3 is 2. The fourth-order valence-corrected chi connectivity index (χ4v) is 7.91. The normalized spacial score (nSPS) is 21.0. The minimum atomic E-state index is -1.24. The molecule has 4 aromatic rings. The number of halogens is 2. The molecule has 2 fully saturated rings. The van der Waals surface area contributed by atoms with Gasteiger partial charge in [-0.25, -0.2) is 28.3 Å². The van der Waals surface area contributed by atoms with Gasteiger partial charge in [-0.1, -0.05) is 52.0 Å². The molecule has 2 aromatic carbocycles. The summed E-state index contributed by atoms with van der Waals surface area (Å²) in [4.78, 5) is 69.6. The van der Waals surface area contributed by atoms with Crippen molar-refractivity contribution in [2.24, 2.45) is 11.8 Å². The molecule has 2 saturated heterocycles. The molecule has 7 rings (SSSR count). The summed E-state index contributed by atoms with van der Waals surface area (Å²) in [6.07, 6.45) is -0.412. The first-order valence-corrected chi connectivity index (χ1v) is 18.7. The lowest BCUT2D eigenvalue weighted by Crippen LogP contribution is -2.51. The molecule has 0 saturated carbocycles. The van der Waals surface area contributed by atoms with Crippen molar-refractivity contribution < 1.29 is 37.4 Å². The number of fused-ring (bicyclic) bond motifs is 4. The zero-order valence-corrected chi connectivity index (χ0v) is 32.1. The van der Waals surface area contributed by atoms with Gasteiger partial charge in [-0.2, -0.15) is 0 Å². The number of rotatable bonds is 10. The fourth-order valence-electron chi connectivity index (χ4n) is 7.91. The van der Waals surface area contributed by atoms with Crippen molar-refractivity contribution in [2.45, 2.75) is 77.0 Å². The standard InChI is InChI=1S/C40H46F2N8O6/c1-19(2)33(47-39(53)55-5)37(51)49-17-23(41)13-31(49)35-43-15-29(45-35)21-7-9-25-27(11-21)26-10-8-22(12-28(25)26)30-16-44-36(46-30)32-14-24(42)18-50(32)38(52)34(20(3)4)48-40(54)56-6/h7-12,15-16,19-20,23-24,31-34H,13-14,17-18H2,1-6H3,(H,43,45)(H,44,46)(H,47,53)(H,48,54)/t23?,24?,31-,32-,33-,34-/m0/s1. The van der Waals surface area contributed by atoms with Gasteiger partial charge in [-0.05, 0) is 46.2 Å². The number of nitrogens with one attached hydrogen (secondary N) is 4. The van der Waals surface area contributed by atoms with E-state index >= 15 is 0 Å². The Morgan fingerprint density at radius 3 is 1.43 bits per heavy atom. The van der Waals surface area contributed by atoms with Crippen molar-refractivity contribution >= 4 is 24.0 Å². The highest BCUT2D eigenvalue weighted by Crippen LogP contribution is 2.50. The highest BCUT2D eigenvalue weighted by atomic mass is 19.1. The highest BCUT2D eigenvalue weighted by Gasteiger charge is 2.43. The minimum Gasteiger partial charge on any atom is -0.453 e. The van der Waals surface area contributed by atoms with E-state index in [1.165, 1.54) is 24.0 Å². The molecular weight excluding hydrogens is 726 g/mol. The van der Waals surface area contributed by atoms with Crippen LogP contribution in [0.1, 0.15) is 64.3 Å². The van der Waals surface area contributed by atoms with E-state index in [0.717, 1.165) is 44.8 Å². The predicted molar refractivity (Wildman–Crippen MR) is 202 cm³/mol. The van der Waals surface area contributed by atoms with Crippen LogP contribution in [0, 0.1) is 11.8 Å². The number of hydrogen-bond acceptors (Lipinski definition) is 8. The highest BCUT2D eigenvalue weighted by molar-refractivity contribution is 6.04. The van der Waals surface area contributed by atoms with Crippen molar-refractivity contribution in [3.8, 4) is 44.8 Å². The number of amides is 4. The van der Waals surface area contributed by atoms with Gasteiger partial charge in [0, 0.05) is 24.0 Å². The number of hydrogen-bond donors (Lipinski definition) is 4. The van der Waals surface area contributed by atoms with Gasteiger partial charge in [0.15, 0.2) is 0 Å². The molecule has 0 spiro atoms. The average Bonchev–Trinajstić information content (AvgIpc) is 4.00. The largest absolute Gasteiger partial charge is 0.453 e. The molecule has 4 heterocycles. The van der Waals surface area contributed by atoms with Crippen molar-refractivity contribution in [1.29, 1.82) is 0 Å². The topological polar surface area (TPSA) is 175 Å². The van der Waals surface area contributed by atoms with Crippen LogP contribution in [0.4, 0.5) is 18.4 Å². The van der Waals surface area contributed by atoms with Crippen LogP contribution in [0.15, 0.2) is 48.8 Å². The molecule has 14 nitrogen and oxygen atoms in total. The molecule has 2 aromatic heterocycles. The van der Waals surface area contributed by atoms with Crippen LogP contribution in [-0.2, 0) is 19.1 Å². The Balaban J connectivity index is 1.06. The SMILES string of the molecule is COC(=O)N[C@H](C(=O)N1CC(F)C[C@H]1c1ncc(-c2ccc3c(c2)-c2ccc(-c4cnc([C@@H]5CC(F)CN5C(=O)[C@@H](NC(=O)OC)C(C)C)[nH]4)cc2-3)[nH]1)C(C)C. The maximum absolute atomic E-state index is 14.8. The van der Waals surface area contributed by atoms with E-state index in [1.807, 2.05) is 24.3 Å². The van der Waals surface area contributed by atoms with Crippen molar-refractivity contribution in [3.05, 3.63) is 60.4 Å². The Bertz CT molecular complexity index is 1990. The number of aromatic amines is 2. The molecule has 0 bridgehead atoms. The minimum absolute atomic E-state index is 0.0833. The number of alkyl halides is 2. The molecule has 6 atom stereocenters. The van der Waals surface area contributed by atoms with E-state index in [1.54, 1.807) is 40.1 Å². The Labute approximate surface area is 322 Å². The second kappa shape index (κ2) is 15.4. The molecule has 4 N–H and O–H groups in total. The van der Waals surface area contributed by atoms with Crippen LogP contribution < -0.4 is 10.6 Å². The average molecular weight is 773 g/mol. The van der Waals surface area contributed by atoms with E-state index < -0.39 is 60.5 Å². The number of imidazole rings is 2. The summed E-state index contributed by atoms with van der Waals surface area (Å²) >= 11 is 0. The van der Waals surface area contributed by atoms with E-state index in [4.69, 9.17) is 9.47 Å². The number of aromatic nitrogens is 4. The van der Waals surface area contributed by atoms with Crippen LogP contribution in [-0.4, -0.2) is 105 Å². The predicted octanol–water partition coefficient (Wildman–Crippen LogP) is 6.10. The molecule has 0 radical (unpaired) electrons. The van der Waals surface area contributed by atoms with E-state index in [0.29, 0.717) is 11.6 Å². The summed E-state index contributed by atoms with van der Waals surface area (Å²) in [5.74, 6) is -0.370. The van der Waals surface area contributed by atoms with Crippen LogP contribution in [0.2, 0.25) is 0 Å². The van der Waals surface area contributed by atoms with Crippen LogP contribution in [0.5, 0.6) is 0 Å². The molecule has 296 valence electrons. The first kappa shape index (κ1) is 38.5. The second-order valence-electron chi connectivity index (χ2n) is 15.3. The molecule has 56 heavy (non-hydrogen) atoms. The van der Waals surface area contributed by atoms with Gasteiger partial charge in [0.1, 0.15) is 36.1 Å². The quantitative estimate of drug-likeness (QED) is 0.132. The zero-order valence-electron chi connectivity index (χ0n) is 32.1. The Kier molecular flexibility index (Phi) is 10.6. The van der Waals surface area contributed by atoms with Crippen molar-refractivity contribution in [2.75, 3.05) is 27.3 Å². The summed E-state index contributed by atoms with van der Waals surface area (Å²) in [7, 11) is 2.45. The molecule has 1 aliphatic carbocycles. The summed E-state index contributed by atoms with van der Waals surface area (Å²) in [6, 6.07) is 9.11. The maximum atomic E-state index is 14.8. The van der Waals surface area contributed by atoms with Gasteiger partial charge >= 0.3 is 12.2 Å². The number of ether oxygens (including phenoxy) is 2. The van der Waals surface area contributed by atoms with Crippen LogP contribution in [0.25, 0.3) is 44.8 Å². The monoisotopic (exact) mass is 772 g/mol. The Morgan fingerprint density at radius 2 is 1.07 bits per heavy atom. The number of carbonyl (C=O) groups excluding carboxylic acids is 4. The molecular formula is C40H46F2N8O6. The van der Waals surface area contributed by atoms with Gasteiger partial charge < -0.3 is 39.9 Å². The summed E-state index contributed by atoms with van der Waals surface area (Å²) in [5.41, 5.74) is 7.40. The second-order valence-corrected chi connectivity index (χ2v) is 15.3. The van der Waals surface area contributed by atoms with Gasteiger partial charge in [0.25, 0.3) is 0 Å². The lowest BCUT2D eigenvalue weighted by Gasteiger charge is -2.29. The number of likely N-dealkylation sites (tertiary alicyclic amines) is 2. The Morgan fingerprint density at radius 1 is 0.679 bits per heavy atom. The van der Waals surface area contributed by atoms with Gasteiger partial charge in [-0.3, -0.25) is 9.59 Å². The smallest absolute Gasteiger partial charge is 0.407 e. The number of nitrogens with zero attached hydrogens (tertiary/aromatic N) is 4. The van der Waals surface area contributed by atoms with Crippen molar-refractivity contribution in [3.63, 3.8) is 0 Å². The molecule has 2 unspecified atom stereocenters. The third-order valence-corrected chi connectivity index (χ3v) is 10.9. The van der Waals surface area contributed by atoms with Crippen LogP contribution in [0.3, 0.4) is 0 Å². The molecule has 2 aliphatic heterocycles. The van der Waals surface area contributed by atoms with E-state index in [9.17, 15) is 28.0 Å². The molecule has 16 heteroatoms. The third-order valence-electron chi connectivity index (χ3n) is 10.9. The third kappa shape index (κ3) is 7.19. The van der Waals surface area contributed by atoms with Crippen molar-refractivity contribution in [1.82, 2.24) is 40.4 Å². The zero-order chi connectivity index (χ0) is 40.0. The summed E-state index contributed by atoms with van der Waals surface area (Å²) in [6.45, 7) is 7.00. The first-order valence-electron chi connectivity index (χ1n) is 18.7. The Hall–Kier alpha value is -5.80. The molecule has 4 amide bonds. The fraction of sp³-hybridized carbons (Fsp3) is 0.450. The molecule has 3 aliphatic rings. The van der Waals surface area contributed by atoms with Gasteiger partial charge in [0.2, 0.25) is 11.8 Å². The van der Waals surface area contributed by atoms with Gasteiger partial charge in [0.05, 0.1) is 63.2 Å². The maximum Gasteiger partial charge on any atom is 0.407 e. The van der Waals surface area contributed by atoms with E-state index in [2.05, 4.69) is 42.7 Å². The van der Waals surface area contributed by atoms with Gasteiger partial charge in [-0.15, -0.1) is 0 Å². The lowest BCUT2D eigenvalue weighted by molar-refractivity contribution is -0.136. The lowest BCUT2D eigenvalue weighted by atomic mass is 9.78. The van der Waals surface area contributed by atoms with E-state index in [-0.39, 0.29) is 37.8 Å². The number of benzene rings is 2. The summed E-state index contributed by atoms with van der Waals surface area (Å²) in [5, 5.41) is 5.16. The van der Waals surface area contributed by atoms with Crippen LogP contribution >= 0.6 is 0 Å².